The second-order valence-electron chi connectivity index (χ2n) is 5.12. The minimum absolute atomic E-state index is 0.243. The number of hydrogen-bond donors (Lipinski definition) is 1. The van der Waals surface area contributed by atoms with Crippen LogP contribution in [0.1, 0.15) is 30.1 Å². The van der Waals surface area contributed by atoms with Gasteiger partial charge in [-0.1, -0.05) is 29.3 Å². The maximum absolute atomic E-state index is 12.2. The highest BCUT2D eigenvalue weighted by atomic mass is 35.5. The van der Waals surface area contributed by atoms with Crippen LogP contribution in [0, 0.1) is 0 Å². The van der Waals surface area contributed by atoms with Gasteiger partial charge in [-0.15, -0.1) is 0 Å². The second-order valence-corrected chi connectivity index (χ2v) is 5.94. The summed E-state index contributed by atoms with van der Waals surface area (Å²) < 4.78 is 4.94. The van der Waals surface area contributed by atoms with Gasteiger partial charge in [0, 0.05) is 18.7 Å². The molecule has 1 N–H and O–H groups in total. The van der Waals surface area contributed by atoms with Gasteiger partial charge in [0.1, 0.15) is 0 Å². The van der Waals surface area contributed by atoms with Gasteiger partial charge in [0.05, 0.1) is 23.1 Å². The van der Waals surface area contributed by atoms with Gasteiger partial charge in [-0.2, -0.15) is 0 Å². The third-order valence-corrected chi connectivity index (χ3v) is 4.08. The third kappa shape index (κ3) is 5.23. The number of benzene rings is 1. The van der Waals surface area contributed by atoms with Crippen LogP contribution in [0.4, 0.5) is 0 Å². The number of esters is 1. The number of hydrogen-bond acceptors (Lipinski definition) is 4. The Hall–Kier alpha value is -1.56. The third-order valence-electron chi connectivity index (χ3n) is 3.34. The molecule has 1 aromatic rings. The number of amides is 1. The highest BCUT2D eigenvalue weighted by Gasteiger charge is 2.18. The van der Waals surface area contributed by atoms with E-state index in [0.29, 0.717) is 35.3 Å². The van der Waals surface area contributed by atoms with E-state index in [9.17, 15) is 9.59 Å². The summed E-state index contributed by atoms with van der Waals surface area (Å²) in [6.45, 7) is 3.31. The minimum atomic E-state index is -0.263. The number of carbonyl (C=O) groups is 2. The van der Waals surface area contributed by atoms with Crippen LogP contribution < -0.4 is 5.43 Å². The topological polar surface area (TPSA) is 58.6 Å². The summed E-state index contributed by atoms with van der Waals surface area (Å²) in [6, 6.07) is 4.72. The van der Waals surface area contributed by atoms with Crippen molar-refractivity contribution < 1.29 is 14.3 Å². The molecule has 0 saturated heterocycles. The van der Waals surface area contributed by atoms with Crippen LogP contribution in [0.15, 0.2) is 29.8 Å². The standard InChI is InChI=1S/C16H18Cl2N2O3/c1-2-23-15(21)8-11-4-3-7-20(10-11)19-16(22)12-5-6-13(17)14(18)9-12/h4-6,9H,2-3,7-8,10H2,1H3,(H,19,22). The molecule has 1 heterocycles. The molecule has 1 amide bonds. The Morgan fingerprint density at radius 1 is 1.30 bits per heavy atom. The Balaban J connectivity index is 1.93. The van der Waals surface area contributed by atoms with Gasteiger partial charge >= 0.3 is 5.97 Å². The minimum Gasteiger partial charge on any atom is -0.466 e. The first-order valence-corrected chi connectivity index (χ1v) is 8.09. The second kappa shape index (κ2) is 8.34. The van der Waals surface area contributed by atoms with Gasteiger partial charge in [0.2, 0.25) is 0 Å². The first-order chi connectivity index (χ1) is 11.0. The van der Waals surface area contributed by atoms with Crippen molar-refractivity contribution in [3.8, 4) is 0 Å². The summed E-state index contributed by atoms with van der Waals surface area (Å²) >= 11 is 11.8. The predicted molar refractivity (Wildman–Crippen MR) is 89.5 cm³/mol. The molecule has 1 aromatic carbocycles. The zero-order valence-electron chi connectivity index (χ0n) is 12.8. The molecule has 0 fully saturated rings. The van der Waals surface area contributed by atoms with Gasteiger partial charge in [-0.05, 0) is 37.1 Å². The Morgan fingerprint density at radius 3 is 2.78 bits per heavy atom. The number of nitrogens with one attached hydrogen (secondary N) is 1. The molecule has 7 heteroatoms. The normalized spacial score (nSPS) is 15.0. The van der Waals surface area contributed by atoms with Crippen molar-refractivity contribution in [1.82, 2.24) is 10.4 Å². The summed E-state index contributed by atoms with van der Waals surface area (Å²) in [5.74, 6) is -0.516. The smallest absolute Gasteiger partial charge is 0.309 e. The van der Waals surface area contributed by atoms with E-state index in [-0.39, 0.29) is 18.3 Å². The summed E-state index contributed by atoms with van der Waals surface area (Å²) in [4.78, 5) is 23.8. The molecule has 0 atom stereocenters. The van der Waals surface area contributed by atoms with Crippen LogP contribution in [-0.4, -0.2) is 36.6 Å². The van der Waals surface area contributed by atoms with Gasteiger partial charge < -0.3 is 4.74 Å². The van der Waals surface area contributed by atoms with Gasteiger partial charge in [0.15, 0.2) is 0 Å². The molecule has 2 rings (SSSR count). The molecule has 23 heavy (non-hydrogen) atoms. The van der Waals surface area contributed by atoms with E-state index in [0.717, 1.165) is 12.0 Å². The van der Waals surface area contributed by atoms with Gasteiger partial charge in [-0.25, -0.2) is 5.01 Å². The maximum Gasteiger partial charge on any atom is 0.309 e. The largest absolute Gasteiger partial charge is 0.466 e. The quantitative estimate of drug-likeness (QED) is 0.649. The number of carbonyl (C=O) groups excluding carboxylic acids is 2. The zero-order chi connectivity index (χ0) is 16.8. The monoisotopic (exact) mass is 356 g/mol. The van der Waals surface area contributed by atoms with Crippen LogP contribution in [0.25, 0.3) is 0 Å². The van der Waals surface area contributed by atoms with Crippen LogP contribution in [0.3, 0.4) is 0 Å². The van der Waals surface area contributed by atoms with E-state index in [4.69, 9.17) is 27.9 Å². The number of halogens is 2. The number of ether oxygens (including phenoxy) is 1. The summed E-state index contributed by atoms with van der Waals surface area (Å²) in [6.07, 6.45) is 3.02. The highest BCUT2D eigenvalue weighted by Crippen LogP contribution is 2.22. The zero-order valence-corrected chi connectivity index (χ0v) is 14.3. The Labute approximate surface area is 145 Å². The number of hydrazine groups is 1. The van der Waals surface area contributed by atoms with Crippen molar-refractivity contribution >= 4 is 35.1 Å². The molecule has 5 nitrogen and oxygen atoms in total. The van der Waals surface area contributed by atoms with Crippen molar-refractivity contribution in [2.75, 3.05) is 19.7 Å². The lowest BCUT2D eigenvalue weighted by molar-refractivity contribution is -0.142. The molecule has 0 unspecified atom stereocenters. The van der Waals surface area contributed by atoms with Gasteiger partial charge in [0.25, 0.3) is 5.91 Å². The summed E-state index contributed by atoms with van der Waals surface area (Å²) in [5.41, 5.74) is 4.18. The average Bonchev–Trinajstić information content (AvgIpc) is 2.50. The fraction of sp³-hybridized carbons (Fsp3) is 0.375. The van der Waals surface area contributed by atoms with E-state index in [1.54, 1.807) is 24.1 Å². The first kappa shape index (κ1) is 17.8. The predicted octanol–water partition coefficient (Wildman–Crippen LogP) is 3.22. The fourth-order valence-corrected chi connectivity index (χ4v) is 2.58. The lowest BCUT2D eigenvalue weighted by Gasteiger charge is -2.27. The van der Waals surface area contributed by atoms with E-state index < -0.39 is 0 Å². The molecule has 1 aliphatic heterocycles. The molecule has 0 saturated carbocycles. The van der Waals surface area contributed by atoms with Crippen molar-refractivity contribution in [2.24, 2.45) is 0 Å². The van der Waals surface area contributed by atoms with Gasteiger partial charge in [-0.3, -0.25) is 15.0 Å². The fourth-order valence-electron chi connectivity index (χ4n) is 2.28. The van der Waals surface area contributed by atoms with Crippen LogP contribution in [0.5, 0.6) is 0 Å². The molecular weight excluding hydrogens is 339 g/mol. The van der Waals surface area contributed by atoms with Crippen LogP contribution in [-0.2, 0) is 9.53 Å². The summed E-state index contributed by atoms with van der Waals surface area (Å²) in [7, 11) is 0. The molecular formula is C16H18Cl2N2O3. The number of rotatable bonds is 5. The first-order valence-electron chi connectivity index (χ1n) is 7.34. The highest BCUT2D eigenvalue weighted by molar-refractivity contribution is 6.42. The molecule has 0 bridgehead atoms. The van der Waals surface area contributed by atoms with Crippen molar-refractivity contribution in [2.45, 2.75) is 19.8 Å². The SMILES string of the molecule is CCOC(=O)CC1=CCCN(NC(=O)c2ccc(Cl)c(Cl)c2)C1. The molecule has 0 radical (unpaired) electrons. The maximum atomic E-state index is 12.2. The Kier molecular flexibility index (Phi) is 6.45. The lowest BCUT2D eigenvalue weighted by atomic mass is 10.1. The van der Waals surface area contributed by atoms with Crippen molar-refractivity contribution in [3.63, 3.8) is 0 Å². The average molecular weight is 357 g/mol. The molecule has 1 aliphatic rings. The van der Waals surface area contributed by atoms with E-state index in [1.165, 1.54) is 6.07 Å². The summed E-state index contributed by atoms with van der Waals surface area (Å²) in [5, 5.41) is 2.51. The lowest BCUT2D eigenvalue weighted by Crippen LogP contribution is -2.45. The van der Waals surface area contributed by atoms with E-state index >= 15 is 0 Å². The molecule has 0 aliphatic carbocycles. The molecule has 0 aromatic heterocycles. The molecule has 124 valence electrons. The van der Waals surface area contributed by atoms with Crippen LogP contribution >= 0.6 is 23.2 Å². The van der Waals surface area contributed by atoms with Crippen molar-refractivity contribution in [3.05, 3.63) is 45.5 Å². The Bertz CT molecular complexity index is 632. The van der Waals surface area contributed by atoms with E-state index in [2.05, 4.69) is 5.43 Å². The van der Waals surface area contributed by atoms with Crippen molar-refractivity contribution in [1.29, 1.82) is 0 Å². The Morgan fingerprint density at radius 2 is 2.09 bits per heavy atom. The number of nitrogens with zero attached hydrogens (tertiary/aromatic N) is 1. The molecule has 0 spiro atoms. The van der Waals surface area contributed by atoms with Crippen LogP contribution in [0.2, 0.25) is 10.0 Å². The van der Waals surface area contributed by atoms with E-state index in [1.807, 2.05) is 6.08 Å².